The minimum absolute atomic E-state index is 0.597. The van der Waals surface area contributed by atoms with E-state index in [2.05, 4.69) is 39.1 Å². The first-order valence-electron chi connectivity index (χ1n) is 10.8. The van der Waals surface area contributed by atoms with Crippen LogP contribution in [-0.2, 0) is 28.5 Å². The zero-order valence-corrected chi connectivity index (χ0v) is 19.8. The summed E-state index contributed by atoms with van der Waals surface area (Å²) >= 11 is 0. The van der Waals surface area contributed by atoms with Crippen LogP contribution in [-0.4, -0.2) is 79.5 Å². The SMILES string of the molecule is CC/C=C(/C)CNC=O.CCC.CCCOCCOCCOCCOCCOC. The quantitative estimate of drug-likeness (QED) is 0.207. The highest BCUT2D eigenvalue weighted by molar-refractivity contribution is 5.46. The molecular weight excluding hydrogens is 374 g/mol. The summed E-state index contributed by atoms with van der Waals surface area (Å²) in [6.07, 6.45) is 6.14. The minimum atomic E-state index is 0.597. The maximum atomic E-state index is 9.78. The van der Waals surface area contributed by atoms with Crippen molar-refractivity contribution in [2.24, 2.45) is 0 Å². The topological polar surface area (TPSA) is 75.3 Å². The molecule has 0 rings (SSSR count). The summed E-state index contributed by atoms with van der Waals surface area (Å²) in [5.41, 5.74) is 1.21. The van der Waals surface area contributed by atoms with Crippen LogP contribution in [0.1, 0.15) is 53.9 Å². The first-order chi connectivity index (χ1) is 14.1. The van der Waals surface area contributed by atoms with Crippen molar-refractivity contribution < 1.29 is 28.5 Å². The van der Waals surface area contributed by atoms with Gasteiger partial charge in [0.1, 0.15) is 0 Å². The Morgan fingerprint density at radius 2 is 1.17 bits per heavy atom. The van der Waals surface area contributed by atoms with Gasteiger partial charge in [0.25, 0.3) is 0 Å². The molecule has 0 fully saturated rings. The molecule has 176 valence electrons. The second-order valence-electron chi connectivity index (χ2n) is 6.11. The minimum Gasteiger partial charge on any atom is -0.382 e. The molecule has 0 aliphatic heterocycles. The normalized spacial score (nSPS) is 10.5. The van der Waals surface area contributed by atoms with Gasteiger partial charge in [-0.15, -0.1) is 0 Å². The molecule has 0 aromatic rings. The molecule has 0 aliphatic rings. The monoisotopic (exact) mass is 421 g/mol. The number of nitrogens with one attached hydrogen (secondary N) is 1. The number of ether oxygens (including phenoxy) is 5. The zero-order valence-electron chi connectivity index (χ0n) is 19.8. The maximum Gasteiger partial charge on any atom is 0.207 e. The molecule has 7 heteroatoms. The molecule has 0 spiro atoms. The van der Waals surface area contributed by atoms with Gasteiger partial charge in [-0.1, -0.05) is 45.8 Å². The lowest BCUT2D eigenvalue weighted by Gasteiger charge is -2.06. The highest BCUT2D eigenvalue weighted by Crippen LogP contribution is 1.90. The van der Waals surface area contributed by atoms with Gasteiger partial charge in [-0.25, -0.2) is 0 Å². The highest BCUT2D eigenvalue weighted by atomic mass is 16.6. The van der Waals surface area contributed by atoms with Gasteiger partial charge >= 0.3 is 0 Å². The van der Waals surface area contributed by atoms with Crippen LogP contribution in [0, 0.1) is 0 Å². The Bertz CT molecular complexity index is 300. The number of carbonyl (C=O) groups excluding carboxylic acids is 1. The Balaban J connectivity index is -0.000000471. The van der Waals surface area contributed by atoms with E-state index in [-0.39, 0.29) is 0 Å². The van der Waals surface area contributed by atoms with E-state index in [1.54, 1.807) is 7.11 Å². The predicted octanol–water partition coefficient (Wildman–Crippen LogP) is 3.61. The number of rotatable bonds is 18. The molecule has 0 bridgehead atoms. The van der Waals surface area contributed by atoms with Crippen LogP contribution < -0.4 is 5.32 Å². The largest absolute Gasteiger partial charge is 0.382 e. The summed E-state index contributed by atoms with van der Waals surface area (Å²) in [6, 6.07) is 0. The molecule has 0 aromatic heterocycles. The van der Waals surface area contributed by atoms with E-state index in [0.717, 1.165) is 19.4 Å². The lowest BCUT2D eigenvalue weighted by atomic mass is 10.2. The molecule has 0 aliphatic carbocycles. The van der Waals surface area contributed by atoms with E-state index in [1.807, 2.05) is 6.92 Å². The van der Waals surface area contributed by atoms with Gasteiger partial charge in [-0.3, -0.25) is 4.79 Å². The van der Waals surface area contributed by atoms with E-state index in [4.69, 9.17) is 23.7 Å². The summed E-state index contributed by atoms with van der Waals surface area (Å²) in [6.45, 7) is 16.8. The Morgan fingerprint density at radius 3 is 1.52 bits per heavy atom. The molecule has 1 N–H and O–H groups in total. The number of carbonyl (C=O) groups is 1. The standard InChI is InChI=1S/C12H26O5.C7H13NO.C3H8/c1-3-4-14-7-8-16-11-12-17-10-9-15-6-5-13-2;1-3-4-7(2)5-8-6-9;1-3-2/h3-12H2,1-2H3;4,6H,3,5H2,1-2H3,(H,8,9);3H2,1-2H3/b;7-4-;. The van der Waals surface area contributed by atoms with Gasteiger partial charge < -0.3 is 29.0 Å². The van der Waals surface area contributed by atoms with E-state index >= 15 is 0 Å². The molecule has 0 saturated carbocycles. The second-order valence-corrected chi connectivity index (χ2v) is 6.11. The van der Waals surface area contributed by atoms with Crippen molar-refractivity contribution in [3.05, 3.63) is 11.6 Å². The van der Waals surface area contributed by atoms with Gasteiger partial charge in [0, 0.05) is 20.3 Å². The summed E-state index contributed by atoms with van der Waals surface area (Å²) in [5.74, 6) is 0. The van der Waals surface area contributed by atoms with Crippen molar-refractivity contribution in [1.29, 1.82) is 0 Å². The maximum absolute atomic E-state index is 9.78. The van der Waals surface area contributed by atoms with Gasteiger partial charge in [0.15, 0.2) is 0 Å². The molecule has 29 heavy (non-hydrogen) atoms. The molecule has 0 radical (unpaired) electrons. The van der Waals surface area contributed by atoms with E-state index in [0.29, 0.717) is 65.8 Å². The fourth-order valence-electron chi connectivity index (χ4n) is 1.67. The van der Waals surface area contributed by atoms with Crippen LogP contribution in [0.4, 0.5) is 0 Å². The lowest BCUT2D eigenvalue weighted by molar-refractivity contribution is -0.109. The highest BCUT2D eigenvalue weighted by Gasteiger charge is 1.92. The molecule has 0 saturated heterocycles. The van der Waals surface area contributed by atoms with Crippen LogP contribution in [0.25, 0.3) is 0 Å². The molecule has 1 amide bonds. The first kappa shape index (κ1) is 32.7. The molecule has 0 aromatic carbocycles. The summed E-state index contributed by atoms with van der Waals surface area (Å²) in [5, 5.41) is 2.58. The fraction of sp³-hybridized carbons (Fsp3) is 0.864. The predicted molar refractivity (Wildman–Crippen MR) is 120 cm³/mol. The van der Waals surface area contributed by atoms with Crippen molar-refractivity contribution in [2.75, 3.05) is 73.1 Å². The first-order valence-corrected chi connectivity index (χ1v) is 10.8. The van der Waals surface area contributed by atoms with Gasteiger partial charge in [0.2, 0.25) is 6.41 Å². The van der Waals surface area contributed by atoms with Crippen molar-refractivity contribution in [3.8, 4) is 0 Å². The molecular formula is C22H47NO6. The van der Waals surface area contributed by atoms with Crippen molar-refractivity contribution in [2.45, 2.75) is 53.9 Å². The fourth-order valence-corrected chi connectivity index (χ4v) is 1.67. The van der Waals surface area contributed by atoms with Crippen molar-refractivity contribution >= 4 is 6.41 Å². The van der Waals surface area contributed by atoms with Crippen LogP contribution >= 0.6 is 0 Å². The van der Waals surface area contributed by atoms with Crippen LogP contribution in [0.3, 0.4) is 0 Å². The average Bonchev–Trinajstić information content (AvgIpc) is 2.71. The zero-order chi connectivity index (χ0) is 22.4. The van der Waals surface area contributed by atoms with E-state index < -0.39 is 0 Å². The molecule has 7 nitrogen and oxygen atoms in total. The van der Waals surface area contributed by atoms with E-state index in [1.165, 1.54) is 12.0 Å². The van der Waals surface area contributed by atoms with E-state index in [9.17, 15) is 4.79 Å². The lowest BCUT2D eigenvalue weighted by Crippen LogP contribution is -2.13. The summed E-state index contributed by atoms with van der Waals surface area (Å²) in [7, 11) is 1.65. The van der Waals surface area contributed by atoms with Crippen molar-refractivity contribution in [3.63, 3.8) is 0 Å². The van der Waals surface area contributed by atoms with Crippen LogP contribution in [0.15, 0.2) is 11.6 Å². The Labute approximate surface area is 179 Å². The Kier molecular flexibility index (Phi) is 38.9. The number of amides is 1. The smallest absolute Gasteiger partial charge is 0.207 e. The average molecular weight is 422 g/mol. The summed E-state index contributed by atoms with van der Waals surface area (Å²) < 4.78 is 26.0. The molecule has 0 heterocycles. The van der Waals surface area contributed by atoms with Gasteiger partial charge in [0.05, 0.1) is 52.9 Å². The van der Waals surface area contributed by atoms with Crippen molar-refractivity contribution in [1.82, 2.24) is 5.32 Å². The second kappa shape index (κ2) is 34.5. The third-order valence-corrected chi connectivity index (χ3v) is 2.91. The van der Waals surface area contributed by atoms with Crippen LogP contribution in [0.5, 0.6) is 0 Å². The number of allylic oxidation sites excluding steroid dienone is 1. The van der Waals surface area contributed by atoms with Gasteiger partial charge in [-0.2, -0.15) is 0 Å². The van der Waals surface area contributed by atoms with Gasteiger partial charge in [-0.05, 0) is 19.8 Å². The Morgan fingerprint density at radius 1 is 0.759 bits per heavy atom. The molecule has 0 unspecified atom stereocenters. The Hall–Kier alpha value is -0.990. The third kappa shape index (κ3) is 42.2. The van der Waals surface area contributed by atoms with Crippen LogP contribution in [0.2, 0.25) is 0 Å². The number of hydrogen-bond donors (Lipinski definition) is 1. The summed E-state index contributed by atoms with van der Waals surface area (Å²) in [4.78, 5) is 9.78. The third-order valence-electron chi connectivity index (χ3n) is 2.91. The number of hydrogen-bond acceptors (Lipinski definition) is 6. The number of methoxy groups -OCH3 is 1. The molecule has 0 atom stereocenters.